The molecule has 4 bridgehead atoms. The molecule has 1 saturated carbocycles. The minimum absolute atomic E-state index is 0.0208. The van der Waals surface area contributed by atoms with E-state index >= 15 is 0 Å². The van der Waals surface area contributed by atoms with E-state index in [0.29, 0.717) is 21.2 Å². The monoisotopic (exact) mass is 208 g/mol. The molecule has 3 heterocycles. The molecule has 4 rings (SSSR count). The van der Waals surface area contributed by atoms with Gasteiger partial charge >= 0.3 is 5.91 Å². The lowest BCUT2D eigenvalue weighted by Gasteiger charge is -2.65. The molecule has 84 valence electrons. The zero-order valence-electron chi connectivity index (χ0n) is 10.4. The van der Waals surface area contributed by atoms with Gasteiger partial charge in [0.05, 0.1) is 25.6 Å². The molecule has 3 aliphatic heterocycles. The van der Waals surface area contributed by atoms with Gasteiger partial charge in [0.25, 0.3) is 0 Å². The molecule has 2 nitrogen and oxygen atoms in total. The largest absolute Gasteiger partial charge is 0.319 e. The lowest BCUT2D eigenvalue weighted by Crippen LogP contribution is -2.75. The van der Waals surface area contributed by atoms with Crippen LogP contribution in [0.25, 0.3) is 0 Å². The Labute approximate surface area is 92.2 Å². The third-order valence-electron chi connectivity index (χ3n) is 4.96. The SMILES string of the molecule is CC12C[C@@]3(C)C[C@@](C)(C1)C[N+](C)(C3)C2=O. The molecule has 4 atom stereocenters. The Bertz CT molecular complexity index is 314. The van der Waals surface area contributed by atoms with Crippen molar-refractivity contribution in [2.45, 2.75) is 40.0 Å². The Morgan fingerprint density at radius 2 is 1.47 bits per heavy atom. The van der Waals surface area contributed by atoms with E-state index < -0.39 is 0 Å². The summed E-state index contributed by atoms with van der Waals surface area (Å²) in [5, 5.41) is 0. The molecule has 0 aromatic rings. The molecule has 0 N–H and O–H groups in total. The fraction of sp³-hybridized carbons (Fsp3) is 0.923. The highest BCUT2D eigenvalue weighted by atomic mass is 16.2. The second kappa shape index (κ2) is 2.17. The highest BCUT2D eigenvalue weighted by molar-refractivity contribution is 5.78. The van der Waals surface area contributed by atoms with Crippen molar-refractivity contribution in [3.63, 3.8) is 0 Å². The van der Waals surface area contributed by atoms with Crippen LogP contribution in [0.3, 0.4) is 0 Å². The van der Waals surface area contributed by atoms with Crippen LogP contribution < -0.4 is 0 Å². The van der Waals surface area contributed by atoms with Gasteiger partial charge in [-0.15, -0.1) is 0 Å². The van der Waals surface area contributed by atoms with Gasteiger partial charge in [-0.25, -0.2) is 4.79 Å². The van der Waals surface area contributed by atoms with Crippen molar-refractivity contribution < 1.29 is 9.28 Å². The van der Waals surface area contributed by atoms with E-state index in [9.17, 15) is 4.79 Å². The van der Waals surface area contributed by atoms with Gasteiger partial charge in [-0.2, -0.15) is 0 Å². The van der Waals surface area contributed by atoms with E-state index in [0.717, 1.165) is 25.9 Å². The summed E-state index contributed by atoms with van der Waals surface area (Å²) in [7, 11) is 2.16. The van der Waals surface area contributed by atoms with Crippen molar-refractivity contribution in [2.75, 3.05) is 20.1 Å². The maximum atomic E-state index is 12.5. The molecule has 4 fully saturated rings. The minimum Gasteiger partial charge on any atom is -0.262 e. The van der Waals surface area contributed by atoms with Crippen molar-refractivity contribution in [3.8, 4) is 0 Å². The van der Waals surface area contributed by atoms with Gasteiger partial charge in [0.15, 0.2) is 0 Å². The highest BCUT2D eigenvalue weighted by Gasteiger charge is 2.69. The number of hydrogen-bond acceptors (Lipinski definition) is 1. The van der Waals surface area contributed by atoms with Crippen LogP contribution in [0.2, 0.25) is 0 Å². The van der Waals surface area contributed by atoms with Gasteiger partial charge in [0.1, 0.15) is 0 Å². The summed E-state index contributed by atoms with van der Waals surface area (Å²) in [5.74, 6) is 0.511. The van der Waals surface area contributed by atoms with Crippen LogP contribution >= 0.6 is 0 Å². The van der Waals surface area contributed by atoms with Crippen molar-refractivity contribution in [2.24, 2.45) is 16.2 Å². The summed E-state index contributed by atoms with van der Waals surface area (Å²) < 4.78 is 0.712. The zero-order valence-corrected chi connectivity index (χ0v) is 10.4. The second-order valence-corrected chi connectivity index (χ2v) is 7.73. The summed E-state index contributed by atoms with van der Waals surface area (Å²) in [6, 6.07) is 0. The summed E-state index contributed by atoms with van der Waals surface area (Å²) >= 11 is 0. The van der Waals surface area contributed by atoms with Crippen molar-refractivity contribution in [3.05, 3.63) is 0 Å². The maximum absolute atomic E-state index is 12.5. The standard InChI is InChI=1S/C13H22NO/c1-11-5-12(2)7-13(3,6-11)10(15)14(4,8-11)9-12/h5-9H2,1-4H3/q+1/t11-,12+,13?,14?. The smallest absolute Gasteiger partial charge is 0.262 e. The average Bonchev–Trinajstić information content (AvgIpc) is 1.93. The van der Waals surface area contributed by atoms with Crippen LogP contribution in [0.5, 0.6) is 0 Å². The van der Waals surface area contributed by atoms with Gasteiger partial charge in [-0.3, -0.25) is 4.48 Å². The van der Waals surface area contributed by atoms with E-state index in [-0.39, 0.29) is 5.41 Å². The lowest BCUT2D eigenvalue weighted by molar-refractivity contribution is -0.873. The van der Waals surface area contributed by atoms with Gasteiger partial charge in [-0.1, -0.05) is 13.8 Å². The summed E-state index contributed by atoms with van der Waals surface area (Å²) in [6.45, 7) is 9.16. The molecule has 1 aliphatic carbocycles. The normalized spacial score (nSPS) is 62.5. The number of nitrogens with zero attached hydrogens (tertiary/aromatic N) is 1. The topological polar surface area (TPSA) is 17.1 Å². The molecular weight excluding hydrogens is 186 g/mol. The van der Waals surface area contributed by atoms with Crippen LogP contribution in [-0.2, 0) is 4.79 Å². The number of hydrogen-bond donors (Lipinski definition) is 0. The minimum atomic E-state index is -0.0208. The molecular formula is C13H22NO+. The predicted molar refractivity (Wildman–Crippen MR) is 59.1 cm³/mol. The van der Waals surface area contributed by atoms with Crippen LogP contribution in [0.15, 0.2) is 0 Å². The molecule has 2 heteroatoms. The molecule has 3 saturated heterocycles. The molecule has 0 spiro atoms. The van der Waals surface area contributed by atoms with Gasteiger partial charge in [0, 0.05) is 10.8 Å². The van der Waals surface area contributed by atoms with Crippen LogP contribution in [-0.4, -0.2) is 30.5 Å². The predicted octanol–water partition coefficient (Wildman–Crippen LogP) is 2.19. The van der Waals surface area contributed by atoms with Crippen molar-refractivity contribution >= 4 is 5.91 Å². The van der Waals surface area contributed by atoms with Crippen LogP contribution in [0, 0.1) is 16.2 Å². The first-order valence-corrected chi connectivity index (χ1v) is 6.09. The third-order valence-corrected chi connectivity index (χ3v) is 4.96. The quantitative estimate of drug-likeness (QED) is 0.558. The number of amides is 1. The van der Waals surface area contributed by atoms with Crippen LogP contribution in [0.1, 0.15) is 40.0 Å². The Balaban J connectivity index is 2.16. The molecule has 1 amide bonds. The Kier molecular flexibility index (Phi) is 1.42. The summed E-state index contributed by atoms with van der Waals surface area (Å²) in [5.41, 5.74) is 0.818. The van der Waals surface area contributed by atoms with E-state index in [1.807, 2.05) is 0 Å². The third kappa shape index (κ3) is 1.06. The molecule has 0 aromatic carbocycles. The van der Waals surface area contributed by atoms with Gasteiger partial charge < -0.3 is 0 Å². The summed E-state index contributed by atoms with van der Waals surface area (Å²) in [4.78, 5) is 12.5. The lowest BCUT2D eigenvalue weighted by atomic mass is 9.48. The zero-order chi connectivity index (χ0) is 11.1. The van der Waals surface area contributed by atoms with Gasteiger partial charge in [-0.05, 0) is 26.2 Å². The Hall–Kier alpha value is -0.370. The molecule has 2 unspecified atom stereocenters. The first kappa shape index (κ1) is 9.83. The number of carbonyl (C=O) groups is 1. The molecule has 15 heavy (non-hydrogen) atoms. The Morgan fingerprint density at radius 3 is 1.87 bits per heavy atom. The maximum Gasteiger partial charge on any atom is 0.319 e. The average molecular weight is 208 g/mol. The fourth-order valence-corrected chi connectivity index (χ4v) is 6.01. The number of carbonyl (C=O) groups excluding carboxylic acids is 1. The van der Waals surface area contributed by atoms with Crippen molar-refractivity contribution in [1.82, 2.24) is 0 Å². The Morgan fingerprint density at radius 1 is 1.00 bits per heavy atom. The molecule has 4 aliphatic rings. The van der Waals surface area contributed by atoms with E-state index in [2.05, 4.69) is 27.8 Å². The number of piperidine rings is 3. The van der Waals surface area contributed by atoms with E-state index in [1.54, 1.807) is 0 Å². The molecule has 0 radical (unpaired) electrons. The number of quaternary nitrogens is 1. The fourth-order valence-electron chi connectivity index (χ4n) is 6.01. The van der Waals surface area contributed by atoms with Crippen LogP contribution in [0.4, 0.5) is 0 Å². The second-order valence-electron chi connectivity index (χ2n) is 7.73. The first-order chi connectivity index (χ1) is 6.69. The van der Waals surface area contributed by atoms with Gasteiger partial charge in [0.2, 0.25) is 0 Å². The van der Waals surface area contributed by atoms with E-state index in [1.165, 1.54) is 6.42 Å². The highest BCUT2D eigenvalue weighted by Crippen LogP contribution is 2.63. The van der Waals surface area contributed by atoms with Crippen molar-refractivity contribution in [1.29, 1.82) is 0 Å². The molecule has 0 aromatic heterocycles. The first-order valence-electron chi connectivity index (χ1n) is 6.09. The number of rotatable bonds is 0. The van der Waals surface area contributed by atoms with E-state index in [4.69, 9.17) is 0 Å². The summed E-state index contributed by atoms with van der Waals surface area (Å²) in [6.07, 6.45) is 3.58.